The summed E-state index contributed by atoms with van der Waals surface area (Å²) in [6.07, 6.45) is 6.75. The number of methoxy groups -OCH3 is 1. The van der Waals surface area contributed by atoms with E-state index in [4.69, 9.17) is 4.74 Å². The van der Waals surface area contributed by atoms with E-state index in [2.05, 4.69) is 20.3 Å². The number of piperidine rings is 1. The van der Waals surface area contributed by atoms with Gasteiger partial charge < -0.3 is 19.6 Å². The fourth-order valence-electron chi connectivity index (χ4n) is 3.27. The van der Waals surface area contributed by atoms with Crippen molar-refractivity contribution in [3.63, 3.8) is 0 Å². The predicted molar refractivity (Wildman–Crippen MR) is 96.3 cm³/mol. The molecule has 1 aliphatic rings. The molecule has 3 heterocycles. The zero-order chi connectivity index (χ0) is 18.1. The van der Waals surface area contributed by atoms with Gasteiger partial charge in [-0.2, -0.15) is 0 Å². The number of aromatic amines is 1. The Morgan fingerprint density at radius 1 is 1.46 bits per heavy atom. The van der Waals surface area contributed by atoms with Gasteiger partial charge in [-0.15, -0.1) is 0 Å². The SMILES string of the molecule is COC1CCNC(CS(=O)c2nc3cc(-n4ccnc4)c(F)cc3[nH]2)C1. The van der Waals surface area contributed by atoms with E-state index in [1.54, 1.807) is 30.1 Å². The van der Waals surface area contributed by atoms with Crippen molar-refractivity contribution in [2.75, 3.05) is 19.4 Å². The molecule has 3 aromatic rings. The lowest BCUT2D eigenvalue weighted by atomic mass is 10.0. The number of fused-ring (bicyclic) bond motifs is 1. The molecule has 4 rings (SSSR count). The third-order valence-corrected chi connectivity index (χ3v) is 5.99. The van der Waals surface area contributed by atoms with Gasteiger partial charge >= 0.3 is 0 Å². The minimum atomic E-state index is -1.31. The molecule has 0 bridgehead atoms. The molecule has 1 saturated heterocycles. The third kappa shape index (κ3) is 3.42. The minimum Gasteiger partial charge on any atom is -0.381 e. The molecule has 0 spiro atoms. The Labute approximate surface area is 152 Å². The number of halogens is 1. The van der Waals surface area contributed by atoms with Crippen molar-refractivity contribution >= 4 is 21.8 Å². The summed E-state index contributed by atoms with van der Waals surface area (Å²) >= 11 is 0. The lowest BCUT2D eigenvalue weighted by Gasteiger charge is -2.28. The third-order valence-electron chi connectivity index (χ3n) is 4.66. The second-order valence-corrected chi connectivity index (χ2v) is 7.79. The number of benzene rings is 1. The van der Waals surface area contributed by atoms with Gasteiger partial charge in [0.2, 0.25) is 0 Å². The van der Waals surface area contributed by atoms with Crippen LogP contribution in [0.5, 0.6) is 0 Å². The number of hydrogen-bond acceptors (Lipinski definition) is 5. The quantitative estimate of drug-likeness (QED) is 0.708. The zero-order valence-corrected chi connectivity index (χ0v) is 15.1. The number of H-pyrrole nitrogens is 1. The van der Waals surface area contributed by atoms with Gasteiger partial charge in [-0.1, -0.05) is 0 Å². The molecule has 1 aromatic carbocycles. The summed E-state index contributed by atoms with van der Waals surface area (Å²) in [6.45, 7) is 0.847. The van der Waals surface area contributed by atoms with Crippen molar-refractivity contribution in [2.45, 2.75) is 30.1 Å². The van der Waals surface area contributed by atoms with Crippen LogP contribution in [0, 0.1) is 5.82 Å². The second-order valence-electron chi connectivity index (χ2n) is 6.38. The summed E-state index contributed by atoms with van der Waals surface area (Å²) < 4.78 is 34.0. The first-order valence-electron chi connectivity index (χ1n) is 8.46. The molecule has 3 unspecified atom stereocenters. The number of ether oxygens (including phenoxy) is 1. The summed E-state index contributed by atoms with van der Waals surface area (Å²) in [5, 5.41) is 3.73. The largest absolute Gasteiger partial charge is 0.381 e. The van der Waals surface area contributed by atoms with E-state index in [0.717, 1.165) is 19.4 Å². The van der Waals surface area contributed by atoms with Crippen LogP contribution in [-0.4, -0.2) is 55.3 Å². The van der Waals surface area contributed by atoms with E-state index in [9.17, 15) is 8.60 Å². The molecule has 0 saturated carbocycles. The first-order chi connectivity index (χ1) is 12.6. The predicted octanol–water partition coefficient (Wildman–Crippen LogP) is 1.76. The maximum absolute atomic E-state index is 14.4. The fourth-order valence-corrected chi connectivity index (χ4v) is 4.47. The van der Waals surface area contributed by atoms with E-state index in [1.807, 2.05) is 0 Å². The molecule has 2 N–H and O–H groups in total. The van der Waals surface area contributed by atoms with Gasteiger partial charge in [0.25, 0.3) is 0 Å². The number of aromatic nitrogens is 4. The summed E-state index contributed by atoms with van der Waals surface area (Å²) in [5.74, 6) is 0.0460. The van der Waals surface area contributed by atoms with Crippen LogP contribution in [0.15, 0.2) is 36.0 Å². The van der Waals surface area contributed by atoms with Crippen LogP contribution in [0.2, 0.25) is 0 Å². The average Bonchev–Trinajstić information content (AvgIpc) is 3.30. The molecule has 1 aliphatic heterocycles. The summed E-state index contributed by atoms with van der Waals surface area (Å²) in [5.41, 5.74) is 1.46. The Morgan fingerprint density at radius 3 is 3.12 bits per heavy atom. The topological polar surface area (TPSA) is 84.8 Å². The Morgan fingerprint density at radius 2 is 2.35 bits per heavy atom. The van der Waals surface area contributed by atoms with Gasteiger partial charge in [0.15, 0.2) is 5.16 Å². The van der Waals surface area contributed by atoms with E-state index < -0.39 is 16.6 Å². The van der Waals surface area contributed by atoms with Crippen molar-refractivity contribution in [1.29, 1.82) is 0 Å². The van der Waals surface area contributed by atoms with Gasteiger partial charge in [0.05, 0.1) is 40.0 Å². The van der Waals surface area contributed by atoms with Crippen LogP contribution in [0.4, 0.5) is 4.39 Å². The van der Waals surface area contributed by atoms with Gasteiger partial charge in [-0.05, 0) is 25.5 Å². The van der Waals surface area contributed by atoms with Crippen molar-refractivity contribution in [2.24, 2.45) is 0 Å². The maximum atomic E-state index is 14.4. The first kappa shape index (κ1) is 17.3. The van der Waals surface area contributed by atoms with E-state index in [1.165, 1.54) is 12.4 Å². The smallest absolute Gasteiger partial charge is 0.197 e. The van der Waals surface area contributed by atoms with Gasteiger partial charge in [-0.3, -0.25) is 4.21 Å². The van der Waals surface area contributed by atoms with Crippen LogP contribution in [0.3, 0.4) is 0 Å². The summed E-state index contributed by atoms with van der Waals surface area (Å²) in [6, 6.07) is 3.11. The Kier molecular flexibility index (Phi) is 4.84. The lowest BCUT2D eigenvalue weighted by molar-refractivity contribution is 0.0652. The Bertz CT molecular complexity index is 927. The Hall–Kier alpha value is -2.10. The molecule has 0 radical (unpaired) electrons. The van der Waals surface area contributed by atoms with Crippen molar-refractivity contribution < 1.29 is 13.3 Å². The number of rotatable bonds is 5. The lowest BCUT2D eigenvalue weighted by Crippen LogP contribution is -2.44. The molecule has 1 fully saturated rings. The van der Waals surface area contributed by atoms with Crippen molar-refractivity contribution in [3.8, 4) is 5.69 Å². The molecule has 26 heavy (non-hydrogen) atoms. The number of hydrogen-bond donors (Lipinski definition) is 2. The van der Waals surface area contributed by atoms with Gasteiger partial charge in [0, 0.05) is 37.4 Å². The monoisotopic (exact) mass is 377 g/mol. The fraction of sp³-hybridized carbons (Fsp3) is 0.412. The first-order valence-corrected chi connectivity index (χ1v) is 9.78. The standard InChI is InChI=1S/C17H20FN5O2S/c1-25-12-2-3-20-11(6-12)9-26(24)17-21-14-7-13(18)16(8-15(14)22-17)23-5-4-19-10-23/h4-5,7-8,10-12,20H,2-3,6,9H2,1H3,(H,21,22). The molecule has 0 aliphatic carbocycles. The highest BCUT2D eigenvalue weighted by molar-refractivity contribution is 7.84. The van der Waals surface area contributed by atoms with Gasteiger partial charge in [-0.25, -0.2) is 14.4 Å². The summed E-state index contributed by atoms with van der Waals surface area (Å²) in [4.78, 5) is 11.3. The van der Waals surface area contributed by atoms with Crippen LogP contribution < -0.4 is 5.32 Å². The van der Waals surface area contributed by atoms with E-state index >= 15 is 0 Å². The molecule has 2 aromatic heterocycles. The van der Waals surface area contributed by atoms with Crippen LogP contribution in [0.25, 0.3) is 16.7 Å². The Balaban J connectivity index is 1.56. The second kappa shape index (κ2) is 7.26. The summed E-state index contributed by atoms with van der Waals surface area (Å²) in [7, 11) is 0.397. The molecule has 3 atom stereocenters. The molecular formula is C17H20FN5O2S. The molecule has 138 valence electrons. The van der Waals surface area contributed by atoms with Gasteiger partial charge in [0.1, 0.15) is 5.82 Å². The van der Waals surface area contributed by atoms with E-state index in [-0.39, 0.29) is 12.1 Å². The molecule has 0 amide bonds. The average molecular weight is 377 g/mol. The van der Waals surface area contributed by atoms with E-state index in [0.29, 0.717) is 27.6 Å². The van der Waals surface area contributed by atoms with Crippen LogP contribution in [0.1, 0.15) is 12.8 Å². The number of nitrogens with one attached hydrogen (secondary N) is 2. The molecular weight excluding hydrogens is 357 g/mol. The number of imidazole rings is 2. The van der Waals surface area contributed by atoms with Crippen LogP contribution >= 0.6 is 0 Å². The normalized spacial score (nSPS) is 21.9. The highest BCUT2D eigenvalue weighted by Gasteiger charge is 2.24. The minimum absolute atomic E-state index is 0.112. The van der Waals surface area contributed by atoms with Crippen molar-refractivity contribution in [3.05, 3.63) is 36.7 Å². The van der Waals surface area contributed by atoms with Crippen molar-refractivity contribution in [1.82, 2.24) is 24.8 Å². The zero-order valence-electron chi connectivity index (χ0n) is 14.3. The molecule has 7 nitrogen and oxygen atoms in total. The highest BCUT2D eigenvalue weighted by atomic mass is 32.2. The molecule has 9 heteroatoms. The number of nitrogens with zero attached hydrogens (tertiary/aromatic N) is 3. The van der Waals surface area contributed by atoms with Crippen LogP contribution in [-0.2, 0) is 15.5 Å². The highest BCUT2D eigenvalue weighted by Crippen LogP contribution is 2.22. The maximum Gasteiger partial charge on any atom is 0.197 e.